The summed E-state index contributed by atoms with van der Waals surface area (Å²) in [7, 11) is 0. The molecule has 0 nitrogen and oxygen atoms in total. The summed E-state index contributed by atoms with van der Waals surface area (Å²) >= 11 is 0. The van der Waals surface area contributed by atoms with E-state index < -0.39 is 54.1 Å². The third-order valence-electron chi connectivity index (χ3n) is 2.92. The summed E-state index contributed by atoms with van der Waals surface area (Å²) in [5.74, 6) is -34.6. The first-order chi connectivity index (χ1) is 11.7. The number of hydrogen-bond acceptors (Lipinski definition) is 0. The zero-order valence-corrected chi connectivity index (χ0v) is 11.7. The van der Waals surface area contributed by atoms with Crippen molar-refractivity contribution in [3.63, 3.8) is 0 Å². The van der Waals surface area contributed by atoms with E-state index in [1.807, 2.05) is 0 Å². The minimum absolute atomic E-state index is 5.48. The molecule has 0 amide bonds. The molecule has 0 atom stereocenters. The van der Waals surface area contributed by atoms with Crippen LogP contribution in [0.5, 0.6) is 0 Å². The highest BCUT2D eigenvalue weighted by Gasteiger charge is 2.96. The summed E-state index contributed by atoms with van der Waals surface area (Å²) in [5, 5.41) is 0. The molecule has 19 heteroatoms. The smallest absolute Gasteiger partial charge is 0.222 e. The van der Waals surface area contributed by atoms with Crippen LogP contribution in [0.4, 0.5) is 83.4 Å². The Kier molecular flexibility index (Phi) is 6.03. The summed E-state index contributed by atoms with van der Waals surface area (Å²) < 4.78 is 236. The zero-order chi connectivity index (χ0) is 23.6. The van der Waals surface area contributed by atoms with E-state index in [1.165, 1.54) is 0 Å². The molecular weight excluding hydrogens is 469 g/mol. The summed E-state index contributed by atoms with van der Waals surface area (Å²) in [5.41, 5.74) is -8.66. The van der Waals surface area contributed by atoms with E-state index in [0.29, 0.717) is 0 Å². The van der Waals surface area contributed by atoms with Crippen LogP contribution >= 0.6 is 0 Å². The molecule has 0 aromatic carbocycles. The van der Waals surface area contributed by atoms with E-state index in [-0.39, 0.29) is 0 Å². The Hall–Kier alpha value is -1.33. The van der Waals surface area contributed by atoms with Gasteiger partial charge in [-0.15, -0.1) is 0 Å². The molecule has 0 rings (SSSR count). The molecule has 0 aliphatic carbocycles. The Bertz CT molecular complexity index is 543. The van der Waals surface area contributed by atoms with Gasteiger partial charge in [-0.2, -0.15) is 74.6 Å². The maximum Gasteiger partial charge on any atom is 0.438 e. The first kappa shape index (κ1) is 26.7. The molecule has 0 fully saturated rings. The molecule has 0 bridgehead atoms. The highest BCUT2D eigenvalue weighted by molar-refractivity contribution is 5.20. The van der Waals surface area contributed by atoms with Gasteiger partial charge in [0.2, 0.25) is 0 Å². The lowest BCUT2D eigenvalue weighted by atomic mass is 9.85. The number of alkyl halides is 18. The maximum atomic E-state index is 13.1. The van der Waals surface area contributed by atoms with Gasteiger partial charge in [-0.25, -0.2) is 8.78 Å². The van der Waals surface area contributed by atoms with Crippen LogP contribution in [0, 0.1) is 6.17 Å². The van der Waals surface area contributed by atoms with Crippen LogP contribution < -0.4 is 0 Å². The van der Waals surface area contributed by atoms with Gasteiger partial charge < -0.3 is 0 Å². The van der Waals surface area contributed by atoms with Gasteiger partial charge in [0.25, 0.3) is 0 Å². The summed E-state index contributed by atoms with van der Waals surface area (Å²) in [4.78, 5) is 0. The first-order valence-corrected chi connectivity index (χ1v) is 5.59. The monoisotopic (exact) mass is 469 g/mol. The fourth-order valence-corrected chi connectivity index (χ4v) is 1.44. The molecule has 0 aromatic rings. The highest BCUT2D eigenvalue weighted by atomic mass is 19.4. The second kappa shape index (κ2) is 6.33. The minimum atomic E-state index is -8.91. The van der Waals surface area contributed by atoms with Gasteiger partial charge in [-0.1, -0.05) is 0 Å². The fourth-order valence-electron chi connectivity index (χ4n) is 1.44. The third kappa shape index (κ3) is 3.30. The van der Waals surface area contributed by atoms with Gasteiger partial charge >= 0.3 is 54.1 Å². The molecule has 0 heterocycles. The summed E-state index contributed by atoms with van der Waals surface area (Å²) in [6, 6.07) is 0. The van der Waals surface area contributed by atoms with Crippen molar-refractivity contribution in [3.05, 3.63) is 6.17 Å². The summed E-state index contributed by atoms with van der Waals surface area (Å²) in [6.45, 7) is 0. The van der Waals surface area contributed by atoms with Crippen molar-refractivity contribution in [3.8, 4) is 0 Å². The lowest BCUT2D eigenvalue weighted by Crippen LogP contribution is -2.76. The first-order valence-electron chi connectivity index (χ1n) is 5.59. The van der Waals surface area contributed by atoms with E-state index in [4.69, 9.17) is 0 Å². The number of rotatable bonds is 5. The zero-order valence-electron chi connectivity index (χ0n) is 11.7. The second-order valence-corrected chi connectivity index (χ2v) is 4.76. The van der Waals surface area contributed by atoms with Gasteiger partial charge in [0.05, 0.1) is 0 Å². The topological polar surface area (TPSA) is 0 Å². The average molecular weight is 469 g/mol. The molecule has 0 aromatic heterocycles. The van der Waals surface area contributed by atoms with Crippen LogP contribution in [0.25, 0.3) is 0 Å². The largest absolute Gasteiger partial charge is 0.438 e. The minimum Gasteiger partial charge on any atom is -0.222 e. The van der Waals surface area contributed by atoms with E-state index in [9.17, 15) is 83.4 Å². The van der Waals surface area contributed by atoms with Gasteiger partial charge in [0, 0.05) is 0 Å². The normalized spacial score (nSPS) is 16.7. The van der Waals surface area contributed by atoms with E-state index in [2.05, 4.69) is 0 Å². The fraction of sp³-hybridized carbons (Fsp3) is 0.889. The van der Waals surface area contributed by atoms with Crippen molar-refractivity contribution in [2.75, 3.05) is 0 Å². The van der Waals surface area contributed by atoms with Crippen LogP contribution in [0.1, 0.15) is 0 Å². The van der Waals surface area contributed by atoms with E-state index >= 15 is 0 Å². The predicted octanol–water partition coefficient (Wildman–Crippen LogP) is 6.42. The van der Waals surface area contributed by atoms with Crippen LogP contribution in [0.3, 0.4) is 0 Å². The average Bonchev–Trinajstić information content (AvgIpc) is 2.41. The van der Waals surface area contributed by atoms with Crippen molar-refractivity contribution in [2.45, 2.75) is 47.9 Å². The van der Waals surface area contributed by atoms with Crippen molar-refractivity contribution in [2.24, 2.45) is 0 Å². The van der Waals surface area contributed by atoms with Crippen LogP contribution in [0.2, 0.25) is 0 Å². The quantitative estimate of drug-likeness (QED) is 0.408. The Morgan fingerprint density at radius 1 is 0.393 bits per heavy atom. The number of halogens is 19. The molecule has 1 radical (unpaired) electrons. The van der Waals surface area contributed by atoms with Crippen LogP contribution in [0.15, 0.2) is 0 Å². The van der Waals surface area contributed by atoms with Gasteiger partial charge in [0.1, 0.15) is 0 Å². The van der Waals surface area contributed by atoms with Gasteiger partial charge in [-0.05, 0) is 0 Å². The standard InChI is InChI=1S/C9F19/c10-1(3(13,14)15)2(11,12)5(17,18)7(21,22)6(19,20)4(16,8(23,24)25)9(26,27)28. The van der Waals surface area contributed by atoms with Crippen molar-refractivity contribution in [1.29, 1.82) is 0 Å². The summed E-state index contributed by atoms with van der Waals surface area (Å²) in [6.07, 6.45) is -29.2. The van der Waals surface area contributed by atoms with Crippen molar-refractivity contribution >= 4 is 0 Å². The molecule has 0 N–H and O–H groups in total. The molecule has 0 aliphatic heterocycles. The lowest BCUT2D eigenvalue weighted by Gasteiger charge is -2.43. The molecule has 0 saturated heterocycles. The molecule has 169 valence electrons. The lowest BCUT2D eigenvalue weighted by molar-refractivity contribution is -0.458. The van der Waals surface area contributed by atoms with E-state index in [1.54, 1.807) is 0 Å². The van der Waals surface area contributed by atoms with Gasteiger partial charge in [0.15, 0.2) is 0 Å². The van der Waals surface area contributed by atoms with Gasteiger partial charge in [-0.3, -0.25) is 0 Å². The molecule has 0 unspecified atom stereocenters. The van der Waals surface area contributed by atoms with Crippen LogP contribution in [-0.4, -0.2) is 47.9 Å². The maximum absolute atomic E-state index is 13.1. The Labute approximate surface area is 139 Å². The Morgan fingerprint density at radius 2 is 0.679 bits per heavy atom. The molecular formula is C9F19. The Morgan fingerprint density at radius 3 is 0.893 bits per heavy atom. The van der Waals surface area contributed by atoms with Crippen molar-refractivity contribution in [1.82, 2.24) is 0 Å². The SMILES string of the molecule is F[C](C(F)(F)F)C(F)(F)C(F)(F)C(F)(F)C(F)(F)C(F)(C(F)(F)F)C(F)(F)F. The Balaban J connectivity index is 6.86. The second-order valence-electron chi connectivity index (χ2n) is 4.76. The third-order valence-corrected chi connectivity index (χ3v) is 2.92. The highest BCUT2D eigenvalue weighted by Crippen LogP contribution is 2.65. The van der Waals surface area contributed by atoms with Crippen molar-refractivity contribution < 1.29 is 83.4 Å². The predicted molar refractivity (Wildman–Crippen MR) is 46.1 cm³/mol. The molecule has 0 aliphatic rings. The van der Waals surface area contributed by atoms with E-state index in [0.717, 1.165) is 0 Å². The molecule has 0 spiro atoms. The molecule has 0 saturated carbocycles. The number of hydrogen-bond donors (Lipinski definition) is 0. The van der Waals surface area contributed by atoms with Crippen LogP contribution in [-0.2, 0) is 0 Å². The molecule has 28 heavy (non-hydrogen) atoms.